The van der Waals surface area contributed by atoms with E-state index in [1.807, 2.05) is 0 Å². The molecule has 2 nitrogen and oxygen atoms in total. The molecule has 0 radical (unpaired) electrons. The number of hydrogen-bond acceptors (Lipinski definition) is 1. The van der Waals surface area contributed by atoms with Crippen molar-refractivity contribution < 1.29 is 10.0 Å². The Kier molecular flexibility index (Phi) is 2.61. The van der Waals surface area contributed by atoms with Crippen LogP contribution in [-0.4, -0.2) is 30.3 Å². The predicted molar refractivity (Wildman–Crippen MR) is 52.8 cm³/mol. The second-order valence-corrected chi connectivity index (χ2v) is 5.00. The maximum absolute atomic E-state index is 9.38. The van der Waals surface area contributed by atoms with Crippen molar-refractivity contribution in [3.8, 4) is 0 Å². The maximum atomic E-state index is 9.38. The number of aliphatic hydroxyl groups is 1. The lowest BCUT2D eigenvalue weighted by Crippen LogP contribution is -3.22. The normalized spacial score (nSPS) is 45.7. The third kappa shape index (κ3) is 1.50. The first kappa shape index (κ1) is 9.47. The molecule has 0 spiro atoms. The average molecular weight is 184 g/mol. The molecular formula is C11H22NO+. The molecule has 2 N–H and O–H groups in total. The zero-order chi connectivity index (χ0) is 9.31. The zero-order valence-electron chi connectivity index (χ0n) is 8.68. The van der Waals surface area contributed by atoms with Gasteiger partial charge in [0.05, 0.1) is 25.2 Å². The fraction of sp³-hybridized carbons (Fsp3) is 1.00. The lowest BCUT2D eigenvalue weighted by atomic mass is 9.73. The van der Waals surface area contributed by atoms with Gasteiger partial charge < -0.3 is 10.0 Å². The van der Waals surface area contributed by atoms with Crippen LogP contribution in [0.3, 0.4) is 0 Å². The van der Waals surface area contributed by atoms with Gasteiger partial charge in [-0.05, 0) is 32.6 Å². The van der Waals surface area contributed by atoms with Gasteiger partial charge in [-0.25, -0.2) is 0 Å². The van der Waals surface area contributed by atoms with Crippen molar-refractivity contribution in [2.75, 3.05) is 19.7 Å². The summed E-state index contributed by atoms with van der Waals surface area (Å²) in [4.78, 5) is 1.77. The Balaban J connectivity index is 2.14. The van der Waals surface area contributed by atoms with Crippen LogP contribution in [0.4, 0.5) is 0 Å². The lowest BCUT2D eigenvalue weighted by molar-refractivity contribution is -0.966. The van der Waals surface area contributed by atoms with Crippen molar-refractivity contribution in [3.63, 3.8) is 0 Å². The van der Waals surface area contributed by atoms with Gasteiger partial charge in [-0.15, -0.1) is 0 Å². The molecule has 0 aliphatic carbocycles. The van der Waals surface area contributed by atoms with Crippen LogP contribution < -0.4 is 4.90 Å². The smallest absolute Gasteiger partial charge is 0.0999 e. The van der Waals surface area contributed by atoms with Crippen LogP contribution in [0, 0.1) is 5.92 Å². The van der Waals surface area contributed by atoms with Gasteiger partial charge in [0, 0.05) is 12.3 Å². The zero-order valence-corrected chi connectivity index (χ0v) is 8.68. The van der Waals surface area contributed by atoms with E-state index in [9.17, 15) is 5.11 Å². The van der Waals surface area contributed by atoms with Crippen molar-refractivity contribution in [1.82, 2.24) is 0 Å². The van der Waals surface area contributed by atoms with Crippen molar-refractivity contribution in [3.05, 3.63) is 0 Å². The Morgan fingerprint density at radius 3 is 2.85 bits per heavy atom. The number of hydrogen-bond donors (Lipinski definition) is 2. The van der Waals surface area contributed by atoms with E-state index >= 15 is 0 Å². The van der Waals surface area contributed by atoms with Crippen LogP contribution in [0.5, 0.6) is 0 Å². The van der Waals surface area contributed by atoms with Crippen molar-refractivity contribution in [2.45, 2.75) is 44.6 Å². The molecule has 0 aromatic rings. The number of aliphatic hydroxyl groups excluding tert-OH is 1. The third-order valence-electron chi connectivity index (χ3n) is 4.38. The number of piperidine rings is 2. The highest BCUT2D eigenvalue weighted by Gasteiger charge is 2.46. The van der Waals surface area contributed by atoms with Gasteiger partial charge in [-0.2, -0.15) is 0 Å². The van der Waals surface area contributed by atoms with Gasteiger partial charge in [0.15, 0.2) is 0 Å². The molecule has 13 heavy (non-hydrogen) atoms. The standard InChI is InChI=1S/C11H21NO/c1-11-6-2-3-7-12(11)8-4-5-10(11)9-13/h10,13H,2-9H2,1H3/p+1/t10-,11+/m0/s1. The third-order valence-corrected chi connectivity index (χ3v) is 4.38. The average Bonchev–Trinajstić information content (AvgIpc) is 2.16. The van der Waals surface area contributed by atoms with E-state index in [4.69, 9.17) is 0 Å². The second kappa shape index (κ2) is 3.58. The molecule has 2 heteroatoms. The fourth-order valence-electron chi connectivity index (χ4n) is 3.37. The van der Waals surface area contributed by atoms with Gasteiger partial charge in [-0.1, -0.05) is 0 Å². The summed E-state index contributed by atoms with van der Waals surface area (Å²) in [6, 6.07) is 0. The summed E-state index contributed by atoms with van der Waals surface area (Å²) >= 11 is 0. The highest BCUT2D eigenvalue weighted by Crippen LogP contribution is 2.29. The number of fused-ring (bicyclic) bond motifs is 1. The van der Waals surface area contributed by atoms with Crippen LogP contribution in [0.15, 0.2) is 0 Å². The highest BCUT2D eigenvalue weighted by molar-refractivity contribution is 4.86. The van der Waals surface area contributed by atoms with Crippen molar-refractivity contribution >= 4 is 0 Å². The number of rotatable bonds is 1. The van der Waals surface area contributed by atoms with Gasteiger partial charge in [-0.3, -0.25) is 0 Å². The van der Waals surface area contributed by atoms with E-state index in [2.05, 4.69) is 6.92 Å². The molecule has 2 rings (SSSR count). The topological polar surface area (TPSA) is 24.7 Å². The molecule has 2 aliphatic heterocycles. The quantitative estimate of drug-likeness (QED) is 0.598. The van der Waals surface area contributed by atoms with Crippen LogP contribution in [-0.2, 0) is 0 Å². The van der Waals surface area contributed by atoms with Gasteiger partial charge in [0.25, 0.3) is 0 Å². The number of quaternary nitrogens is 1. The Morgan fingerprint density at radius 2 is 2.08 bits per heavy atom. The summed E-state index contributed by atoms with van der Waals surface area (Å²) in [5.41, 5.74) is 0.408. The van der Waals surface area contributed by atoms with Crippen LogP contribution in [0.1, 0.15) is 39.0 Å². The first-order valence-corrected chi connectivity index (χ1v) is 5.73. The van der Waals surface area contributed by atoms with E-state index in [0.717, 1.165) is 0 Å². The SMILES string of the molecule is C[C@]12CCCC[NH+]1CCC[C@H]2CO. The van der Waals surface area contributed by atoms with E-state index in [1.165, 1.54) is 45.2 Å². The number of nitrogens with one attached hydrogen (secondary N) is 1. The minimum atomic E-state index is 0.403. The largest absolute Gasteiger partial charge is 0.396 e. The molecule has 0 aromatic heterocycles. The Labute approximate surface area is 80.9 Å². The second-order valence-electron chi connectivity index (χ2n) is 5.00. The first-order chi connectivity index (χ1) is 6.27. The van der Waals surface area contributed by atoms with E-state index in [1.54, 1.807) is 4.90 Å². The molecule has 0 amide bonds. The van der Waals surface area contributed by atoms with Crippen LogP contribution >= 0.6 is 0 Å². The minimum absolute atomic E-state index is 0.403. The first-order valence-electron chi connectivity index (χ1n) is 5.73. The molecule has 1 unspecified atom stereocenters. The summed E-state index contributed by atoms with van der Waals surface area (Å²) in [7, 11) is 0. The molecule has 76 valence electrons. The summed E-state index contributed by atoms with van der Waals surface area (Å²) in [6.45, 7) is 5.47. The summed E-state index contributed by atoms with van der Waals surface area (Å²) < 4.78 is 0. The maximum Gasteiger partial charge on any atom is 0.0999 e. The Morgan fingerprint density at radius 1 is 1.31 bits per heavy atom. The summed E-state index contributed by atoms with van der Waals surface area (Å²) in [5.74, 6) is 0.566. The van der Waals surface area contributed by atoms with E-state index in [-0.39, 0.29) is 0 Å². The lowest BCUT2D eigenvalue weighted by Gasteiger charge is -2.49. The highest BCUT2D eigenvalue weighted by atomic mass is 16.3. The monoisotopic (exact) mass is 184 g/mol. The molecule has 0 aromatic carbocycles. The fourth-order valence-corrected chi connectivity index (χ4v) is 3.37. The molecule has 2 aliphatic rings. The van der Waals surface area contributed by atoms with Gasteiger partial charge >= 0.3 is 0 Å². The van der Waals surface area contributed by atoms with Gasteiger partial charge in [0.1, 0.15) is 0 Å². The Bertz CT molecular complexity index is 172. The van der Waals surface area contributed by atoms with Crippen LogP contribution in [0.2, 0.25) is 0 Å². The summed E-state index contributed by atoms with van der Waals surface area (Å²) in [6.07, 6.45) is 6.65. The molecule has 0 bridgehead atoms. The van der Waals surface area contributed by atoms with E-state index in [0.29, 0.717) is 18.1 Å². The molecule has 3 atom stereocenters. The van der Waals surface area contributed by atoms with E-state index < -0.39 is 0 Å². The minimum Gasteiger partial charge on any atom is -0.396 e. The molecular weight excluding hydrogens is 162 g/mol. The molecule has 0 saturated carbocycles. The molecule has 2 saturated heterocycles. The molecule has 2 heterocycles. The van der Waals surface area contributed by atoms with Crippen LogP contribution in [0.25, 0.3) is 0 Å². The molecule has 2 fully saturated rings. The van der Waals surface area contributed by atoms with Crippen molar-refractivity contribution in [2.24, 2.45) is 5.92 Å². The summed E-state index contributed by atoms with van der Waals surface area (Å²) in [5, 5.41) is 9.38. The van der Waals surface area contributed by atoms with Gasteiger partial charge in [0.2, 0.25) is 0 Å². The predicted octanol–water partition coefficient (Wildman–Crippen LogP) is 0.216. The Hall–Kier alpha value is -0.0800. The van der Waals surface area contributed by atoms with Crippen molar-refractivity contribution in [1.29, 1.82) is 0 Å².